The van der Waals surface area contributed by atoms with Crippen LogP contribution in [0.15, 0.2) is 59.5 Å². The minimum absolute atomic E-state index is 0.0756. The maximum Gasteiger partial charge on any atom is 0.230 e. The fourth-order valence-electron chi connectivity index (χ4n) is 2.45. The van der Waals surface area contributed by atoms with E-state index in [0.29, 0.717) is 0 Å². The van der Waals surface area contributed by atoms with Crippen molar-refractivity contribution in [2.24, 2.45) is 0 Å². The fourth-order valence-corrected chi connectivity index (χ4v) is 3.08. The van der Waals surface area contributed by atoms with Crippen molar-refractivity contribution in [3.8, 4) is 0 Å². The van der Waals surface area contributed by atoms with Gasteiger partial charge in [-0.3, -0.25) is 4.79 Å². The molecule has 0 aromatic heterocycles. The Labute approximate surface area is 143 Å². The number of hydrogen-bond donors (Lipinski definition) is 1. The van der Waals surface area contributed by atoms with Crippen LogP contribution in [0.5, 0.6) is 0 Å². The molecule has 5 heteroatoms. The molecule has 0 fully saturated rings. The summed E-state index contributed by atoms with van der Waals surface area (Å²) in [5.74, 6) is -0.0756. The van der Waals surface area contributed by atoms with Gasteiger partial charge in [-0.25, -0.2) is 8.42 Å². The summed E-state index contributed by atoms with van der Waals surface area (Å²) in [5.41, 5.74) is 1.16. The Balaban J connectivity index is 2.14. The van der Waals surface area contributed by atoms with Crippen LogP contribution in [0.4, 0.5) is 0 Å². The minimum Gasteiger partial charge on any atom is -0.349 e. The molecule has 128 valence electrons. The van der Waals surface area contributed by atoms with Gasteiger partial charge in [0.05, 0.1) is 16.4 Å². The van der Waals surface area contributed by atoms with Crippen LogP contribution in [0.2, 0.25) is 0 Å². The lowest BCUT2D eigenvalue weighted by Gasteiger charge is -2.26. The largest absolute Gasteiger partial charge is 0.349 e. The first-order chi connectivity index (χ1) is 11.1. The van der Waals surface area contributed by atoms with E-state index in [2.05, 4.69) is 5.32 Å². The lowest BCUT2D eigenvalue weighted by Crippen LogP contribution is -2.41. The molecule has 1 N–H and O–H groups in total. The van der Waals surface area contributed by atoms with Crippen molar-refractivity contribution in [2.45, 2.75) is 37.1 Å². The van der Waals surface area contributed by atoms with Crippen molar-refractivity contribution in [1.82, 2.24) is 5.32 Å². The molecule has 0 saturated heterocycles. The zero-order chi connectivity index (χ0) is 18.0. The van der Waals surface area contributed by atoms with Gasteiger partial charge in [-0.05, 0) is 44.0 Å². The summed E-state index contributed by atoms with van der Waals surface area (Å²) < 4.78 is 23.0. The molecular weight excluding hydrogens is 322 g/mol. The maximum absolute atomic E-state index is 12.7. The Morgan fingerprint density at radius 1 is 1.00 bits per heavy atom. The number of carbonyl (C=O) groups is 1. The monoisotopic (exact) mass is 345 g/mol. The van der Waals surface area contributed by atoms with Gasteiger partial charge in [0.1, 0.15) is 0 Å². The van der Waals surface area contributed by atoms with Crippen molar-refractivity contribution >= 4 is 15.7 Å². The third kappa shape index (κ3) is 4.03. The van der Waals surface area contributed by atoms with Crippen molar-refractivity contribution in [2.75, 3.05) is 6.26 Å². The Kier molecular flexibility index (Phi) is 5.13. The molecule has 1 atom stereocenters. The Morgan fingerprint density at radius 2 is 1.54 bits per heavy atom. The number of amides is 1. The molecule has 0 spiro atoms. The van der Waals surface area contributed by atoms with Gasteiger partial charge < -0.3 is 5.32 Å². The maximum atomic E-state index is 12.7. The van der Waals surface area contributed by atoms with Crippen LogP contribution >= 0.6 is 0 Å². The first kappa shape index (κ1) is 18.2. The standard InChI is InChI=1S/C19H23NO3S/c1-14(15-10-12-17(13-11-15)24(4,22)23)20-18(21)19(2,3)16-8-6-5-7-9-16/h5-14H,1-4H3,(H,20,21). The molecule has 1 unspecified atom stereocenters. The van der Waals surface area contributed by atoms with E-state index in [1.54, 1.807) is 24.3 Å². The molecular formula is C19H23NO3S. The van der Waals surface area contributed by atoms with E-state index in [0.717, 1.165) is 11.1 Å². The van der Waals surface area contributed by atoms with E-state index in [1.807, 2.05) is 51.1 Å². The third-order valence-electron chi connectivity index (χ3n) is 4.22. The van der Waals surface area contributed by atoms with E-state index in [-0.39, 0.29) is 16.8 Å². The van der Waals surface area contributed by atoms with E-state index in [9.17, 15) is 13.2 Å². The number of carbonyl (C=O) groups excluding carboxylic acids is 1. The highest BCUT2D eigenvalue weighted by Crippen LogP contribution is 2.25. The van der Waals surface area contributed by atoms with Crippen LogP contribution in [0.1, 0.15) is 37.9 Å². The zero-order valence-corrected chi connectivity index (χ0v) is 15.2. The van der Waals surface area contributed by atoms with Crippen molar-refractivity contribution in [3.05, 3.63) is 65.7 Å². The SMILES string of the molecule is CC(NC(=O)C(C)(C)c1ccccc1)c1ccc(S(C)(=O)=O)cc1. The second-order valence-corrected chi connectivity index (χ2v) is 8.54. The molecule has 0 saturated carbocycles. The average molecular weight is 345 g/mol. The number of benzene rings is 2. The Morgan fingerprint density at radius 3 is 2.04 bits per heavy atom. The van der Waals surface area contributed by atoms with Crippen LogP contribution in [0.25, 0.3) is 0 Å². The van der Waals surface area contributed by atoms with Gasteiger partial charge in [-0.2, -0.15) is 0 Å². The number of hydrogen-bond acceptors (Lipinski definition) is 3. The normalized spacial score (nSPS) is 13.3. The summed E-state index contributed by atoms with van der Waals surface area (Å²) >= 11 is 0. The van der Waals surface area contributed by atoms with Gasteiger partial charge in [0.15, 0.2) is 9.84 Å². The molecule has 0 radical (unpaired) electrons. The van der Waals surface area contributed by atoms with Gasteiger partial charge >= 0.3 is 0 Å². The average Bonchev–Trinajstić information content (AvgIpc) is 2.54. The molecule has 24 heavy (non-hydrogen) atoms. The molecule has 1 amide bonds. The molecule has 2 rings (SSSR count). The van der Waals surface area contributed by atoms with Crippen LogP contribution in [0.3, 0.4) is 0 Å². The summed E-state index contributed by atoms with van der Waals surface area (Å²) in [5, 5.41) is 3.00. The second-order valence-electron chi connectivity index (χ2n) is 6.53. The van der Waals surface area contributed by atoms with Crippen molar-refractivity contribution in [1.29, 1.82) is 0 Å². The van der Waals surface area contributed by atoms with Gasteiger partial charge in [-0.15, -0.1) is 0 Å². The molecule has 0 bridgehead atoms. The summed E-state index contributed by atoms with van der Waals surface area (Å²) in [6.07, 6.45) is 1.18. The predicted octanol–water partition coefficient (Wildman–Crippen LogP) is 3.25. The van der Waals surface area contributed by atoms with Gasteiger partial charge in [-0.1, -0.05) is 42.5 Å². The van der Waals surface area contributed by atoms with Crippen molar-refractivity contribution < 1.29 is 13.2 Å². The first-order valence-electron chi connectivity index (χ1n) is 7.79. The summed E-state index contributed by atoms with van der Waals surface area (Å²) in [4.78, 5) is 12.9. The van der Waals surface area contributed by atoms with Crippen LogP contribution in [0, 0.1) is 0 Å². The summed E-state index contributed by atoms with van der Waals surface area (Å²) in [7, 11) is -3.21. The fraction of sp³-hybridized carbons (Fsp3) is 0.316. The molecule has 0 aliphatic rings. The highest BCUT2D eigenvalue weighted by Gasteiger charge is 2.30. The van der Waals surface area contributed by atoms with E-state index < -0.39 is 15.3 Å². The Hall–Kier alpha value is -2.14. The smallest absolute Gasteiger partial charge is 0.230 e. The zero-order valence-electron chi connectivity index (χ0n) is 14.4. The highest BCUT2D eigenvalue weighted by molar-refractivity contribution is 7.90. The minimum atomic E-state index is -3.21. The molecule has 0 aliphatic carbocycles. The van der Waals surface area contributed by atoms with Gasteiger partial charge in [0.25, 0.3) is 0 Å². The summed E-state index contributed by atoms with van der Waals surface area (Å²) in [6.45, 7) is 5.66. The lowest BCUT2D eigenvalue weighted by atomic mass is 9.83. The highest BCUT2D eigenvalue weighted by atomic mass is 32.2. The second kappa shape index (κ2) is 6.77. The van der Waals surface area contributed by atoms with Crippen LogP contribution in [-0.4, -0.2) is 20.6 Å². The molecule has 2 aromatic carbocycles. The van der Waals surface area contributed by atoms with E-state index in [1.165, 1.54) is 6.26 Å². The Bertz CT molecular complexity index is 809. The molecule has 0 heterocycles. The number of sulfone groups is 1. The van der Waals surface area contributed by atoms with E-state index >= 15 is 0 Å². The van der Waals surface area contributed by atoms with Crippen LogP contribution in [-0.2, 0) is 20.0 Å². The number of rotatable bonds is 5. The van der Waals surface area contributed by atoms with Gasteiger partial charge in [0, 0.05) is 6.26 Å². The van der Waals surface area contributed by atoms with Gasteiger partial charge in [0.2, 0.25) is 5.91 Å². The topological polar surface area (TPSA) is 63.2 Å². The first-order valence-corrected chi connectivity index (χ1v) is 9.68. The lowest BCUT2D eigenvalue weighted by molar-refractivity contribution is -0.126. The quantitative estimate of drug-likeness (QED) is 0.905. The molecule has 4 nitrogen and oxygen atoms in total. The predicted molar refractivity (Wildman–Crippen MR) is 95.6 cm³/mol. The molecule has 2 aromatic rings. The van der Waals surface area contributed by atoms with Crippen molar-refractivity contribution in [3.63, 3.8) is 0 Å². The number of nitrogens with one attached hydrogen (secondary N) is 1. The molecule has 0 aliphatic heterocycles. The van der Waals surface area contributed by atoms with Crippen LogP contribution < -0.4 is 5.32 Å². The third-order valence-corrected chi connectivity index (χ3v) is 5.35. The summed E-state index contributed by atoms with van der Waals surface area (Å²) in [6, 6.07) is 16.0. The van der Waals surface area contributed by atoms with E-state index in [4.69, 9.17) is 0 Å².